The van der Waals surface area contributed by atoms with Crippen LogP contribution < -0.4 is 0 Å². The van der Waals surface area contributed by atoms with Gasteiger partial charge in [-0.2, -0.15) is 0 Å². The average Bonchev–Trinajstić information content (AvgIpc) is 3.06. The van der Waals surface area contributed by atoms with Crippen molar-refractivity contribution in [1.82, 2.24) is 4.98 Å². The lowest BCUT2D eigenvalue weighted by Crippen LogP contribution is -2.16. The van der Waals surface area contributed by atoms with Gasteiger partial charge in [0.2, 0.25) is 0 Å². The molecular weight excluding hydrogens is 293 g/mol. The lowest BCUT2D eigenvalue weighted by molar-refractivity contribution is -0.148. The molecule has 23 heavy (non-hydrogen) atoms. The zero-order valence-electron chi connectivity index (χ0n) is 13.0. The molecule has 1 atom stereocenters. The third-order valence-electron chi connectivity index (χ3n) is 4.29. The van der Waals surface area contributed by atoms with Crippen molar-refractivity contribution in [2.45, 2.75) is 38.2 Å². The Balaban J connectivity index is 1.79. The quantitative estimate of drug-likeness (QED) is 0.766. The fourth-order valence-electron chi connectivity index (χ4n) is 3.13. The Morgan fingerprint density at radius 1 is 1.22 bits per heavy atom. The molecule has 0 N–H and O–H groups in total. The van der Waals surface area contributed by atoms with Crippen LogP contribution in [-0.4, -0.2) is 11.0 Å². The Kier molecular flexibility index (Phi) is 5.01. The van der Waals surface area contributed by atoms with Crippen LogP contribution in [0.1, 0.15) is 49.5 Å². The molecule has 1 saturated carbocycles. The normalized spacial score (nSPS) is 16.2. The summed E-state index contributed by atoms with van der Waals surface area (Å²) in [6.45, 7) is 0. The third kappa shape index (κ3) is 4.15. The Bertz CT molecular complexity index is 653. The lowest BCUT2D eigenvalue weighted by Gasteiger charge is -2.19. The molecule has 0 aliphatic heterocycles. The van der Waals surface area contributed by atoms with Crippen LogP contribution in [0.2, 0.25) is 0 Å². The number of aromatic nitrogens is 1. The van der Waals surface area contributed by atoms with E-state index in [-0.39, 0.29) is 11.8 Å². The molecule has 0 amide bonds. The summed E-state index contributed by atoms with van der Waals surface area (Å²) in [5.74, 6) is -0.175. The van der Waals surface area contributed by atoms with E-state index in [0.29, 0.717) is 23.6 Å². The second kappa shape index (κ2) is 7.36. The van der Waals surface area contributed by atoms with Gasteiger partial charge in [0, 0.05) is 18.2 Å². The molecule has 1 unspecified atom stereocenters. The van der Waals surface area contributed by atoms with Crippen molar-refractivity contribution in [3.63, 3.8) is 0 Å². The molecule has 4 heteroatoms. The summed E-state index contributed by atoms with van der Waals surface area (Å²) in [6.07, 6.45) is 5.95. The van der Waals surface area contributed by atoms with Crippen LogP contribution in [0.25, 0.3) is 0 Å². The van der Waals surface area contributed by atoms with E-state index in [9.17, 15) is 9.18 Å². The molecule has 1 aliphatic rings. The van der Waals surface area contributed by atoms with Crippen LogP contribution in [0.4, 0.5) is 4.39 Å². The van der Waals surface area contributed by atoms with Crippen LogP contribution in [0.3, 0.4) is 0 Å². The van der Waals surface area contributed by atoms with E-state index in [1.165, 1.54) is 25.0 Å². The lowest BCUT2D eigenvalue weighted by atomic mass is 10.0. The van der Waals surface area contributed by atoms with Crippen LogP contribution in [0, 0.1) is 11.7 Å². The van der Waals surface area contributed by atoms with E-state index in [1.54, 1.807) is 30.5 Å². The van der Waals surface area contributed by atoms with Gasteiger partial charge in [0.25, 0.3) is 0 Å². The van der Waals surface area contributed by atoms with Crippen molar-refractivity contribution in [1.29, 1.82) is 0 Å². The minimum Gasteiger partial charge on any atom is -0.451 e. The summed E-state index contributed by atoms with van der Waals surface area (Å²) in [7, 11) is 0. The average molecular weight is 313 g/mol. The number of carbonyl (C=O) groups is 1. The Hall–Kier alpha value is -2.23. The van der Waals surface area contributed by atoms with Gasteiger partial charge in [-0.15, -0.1) is 0 Å². The highest BCUT2D eigenvalue weighted by Gasteiger charge is 2.24. The van der Waals surface area contributed by atoms with E-state index >= 15 is 0 Å². The first kappa shape index (κ1) is 15.7. The number of hydrogen-bond acceptors (Lipinski definition) is 3. The van der Waals surface area contributed by atoms with Gasteiger partial charge in [0.05, 0.1) is 5.69 Å². The first-order chi connectivity index (χ1) is 11.2. The summed E-state index contributed by atoms with van der Waals surface area (Å²) in [5.41, 5.74) is 1.21. The van der Waals surface area contributed by atoms with Gasteiger partial charge in [-0.25, -0.2) is 4.39 Å². The molecule has 1 aromatic carbocycles. The van der Waals surface area contributed by atoms with Crippen LogP contribution in [0.5, 0.6) is 0 Å². The molecular formula is C19H20FNO2. The number of carbonyl (C=O) groups excluding carboxylic acids is 1. The van der Waals surface area contributed by atoms with Crippen molar-refractivity contribution < 1.29 is 13.9 Å². The molecule has 0 radical (unpaired) electrons. The Morgan fingerprint density at radius 2 is 2.04 bits per heavy atom. The maximum atomic E-state index is 13.5. The van der Waals surface area contributed by atoms with Gasteiger partial charge in [-0.3, -0.25) is 9.78 Å². The van der Waals surface area contributed by atoms with Gasteiger partial charge in [0.15, 0.2) is 6.10 Å². The number of benzene rings is 1. The Labute approximate surface area is 135 Å². The first-order valence-corrected chi connectivity index (χ1v) is 8.08. The minimum absolute atomic E-state index is 0.239. The van der Waals surface area contributed by atoms with Gasteiger partial charge >= 0.3 is 5.97 Å². The largest absolute Gasteiger partial charge is 0.451 e. The number of halogens is 1. The summed E-state index contributed by atoms with van der Waals surface area (Å²) in [5, 5.41) is 0. The SMILES string of the molecule is O=C(CC1CCCC1)OC(c1cccc(F)c1)c1ccccn1. The van der Waals surface area contributed by atoms with Gasteiger partial charge < -0.3 is 4.74 Å². The summed E-state index contributed by atoms with van der Waals surface area (Å²) >= 11 is 0. The number of nitrogens with zero attached hydrogens (tertiary/aromatic N) is 1. The molecule has 2 aromatic rings. The van der Waals surface area contributed by atoms with Gasteiger partial charge in [-0.1, -0.05) is 31.0 Å². The van der Waals surface area contributed by atoms with Gasteiger partial charge in [0.1, 0.15) is 5.82 Å². The molecule has 0 bridgehead atoms. The molecule has 0 saturated heterocycles. The highest BCUT2D eigenvalue weighted by molar-refractivity contribution is 5.70. The number of ether oxygens (including phenoxy) is 1. The maximum absolute atomic E-state index is 13.5. The molecule has 0 spiro atoms. The summed E-state index contributed by atoms with van der Waals surface area (Å²) in [4.78, 5) is 16.6. The third-order valence-corrected chi connectivity index (χ3v) is 4.29. The van der Waals surface area contributed by atoms with Crippen molar-refractivity contribution >= 4 is 5.97 Å². The number of pyridine rings is 1. The predicted octanol–water partition coefficient (Wildman–Crippen LogP) is 4.43. The molecule has 3 rings (SSSR count). The number of rotatable bonds is 5. The van der Waals surface area contributed by atoms with E-state index in [0.717, 1.165) is 12.8 Å². The highest BCUT2D eigenvalue weighted by Crippen LogP contribution is 2.30. The highest BCUT2D eigenvalue weighted by atomic mass is 19.1. The predicted molar refractivity (Wildman–Crippen MR) is 85.1 cm³/mol. The summed E-state index contributed by atoms with van der Waals surface area (Å²) < 4.78 is 19.2. The minimum atomic E-state index is -0.666. The van der Waals surface area contributed by atoms with Crippen LogP contribution >= 0.6 is 0 Å². The van der Waals surface area contributed by atoms with E-state index in [1.807, 2.05) is 6.07 Å². The molecule has 1 aromatic heterocycles. The number of esters is 1. The van der Waals surface area contributed by atoms with Crippen molar-refractivity contribution in [3.05, 3.63) is 65.7 Å². The monoisotopic (exact) mass is 313 g/mol. The van der Waals surface area contributed by atoms with Crippen LogP contribution in [0.15, 0.2) is 48.7 Å². The first-order valence-electron chi connectivity index (χ1n) is 8.08. The van der Waals surface area contributed by atoms with E-state index in [2.05, 4.69) is 4.98 Å². The van der Waals surface area contributed by atoms with Crippen molar-refractivity contribution in [2.75, 3.05) is 0 Å². The molecule has 1 fully saturated rings. The maximum Gasteiger partial charge on any atom is 0.307 e. The topological polar surface area (TPSA) is 39.2 Å². The molecule has 1 aliphatic carbocycles. The molecule has 3 nitrogen and oxygen atoms in total. The zero-order valence-corrected chi connectivity index (χ0v) is 13.0. The van der Waals surface area contributed by atoms with Crippen molar-refractivity contribution in [2.24, 2.45) is 5.92 Å². The van der Waals surface area contributed by atoms with E-state index < -0.39 is 6.10 Å². The second-order valence-corrected chi connectivity index (χ2v) is 6.03. The molecule has 1 heterocycles. The fourth-order valence-corrected chi connectivity index (χ4v) is 3.13. The van der Waals surface area contributed by atoms with E-state index in [4.69, 9.17) is 4.74 Å². The number of hydrogen-bond donors (Lipinski definition) is 0. The molecule has 120 valence electrons. The van der Waals surface area contributed by atoms with Crippen molar-refractivity contribution in [3.8, 4) is 0 Å². The second-order valence-electron chi connectivity index (χ2n) is 6.03. The van der Waals surface area contributed by atoms with Crippen LogP contribution in [-0.2, 0) is 9.53 Å². The smallest absolute Gasteiger partial charge is 0.307 e. The Morgan fingerprint density at radius 3 is 2.74 bits per heavy atom. The fraction of sp³-hybridized carbons (Fsp3) is 0.368. The summed E-state index contributed by atoms with van der Waals surface area (Å²) in [6, 6.07) is 11.6. The zero-order chi connectivity index (χ0) is 16.1. The standard InChI is InChI=1S/C19H20FNO2/c20-16-9-5-8-15(13-16)19(17-10-3-4-11-21-17)23-18(22)12-14-6-1-2-7-14/h3-5,8-11,13-14,19H,1-2,6-7,12H2. The van der Waals surface area contributed by atoms with Gasteiger partial charge in [-0.05, 0) is 43.0 Å².